The normalized spacial score (nSPS) is 19.8. The molecule has 0 aromatic carbocycles. The van der Waals surface area contributed by atoms with Crippen LogP contribution in [0.2, 0.25) is 0 Å². The third kappa shape index (κ3) is 2.42. The van der Waals surface area contributed by atoms with Gasteiger partial charge in [-0.15, -0.1) is 0 Å². The highest BCUT2D eigenvalue weighted by molar-refractivity contribution is 5.10. The summed E-state index contributed by atoms with van der Waals surface area (Å²) in [6, 6.07) is 6.89. The largest absolute Gasteiger partial charge is 0.329 e. The lowest BCUT2D eigenvalue weighted by Crippen LogP contribution is -2.38. The van der Waals surface area contributed by atoms with Crippen molar-refractivity contribution in [2.45, 2.75) is 31.8 Å². The van der Waals surface area contributed by atoms with Crippen molar-refractivity contribution in [2.24, 2.45) is 11.7 Å². The van der Waals surface area contributed by atoms with Crippen molar-refractivity contribution in [3.8, 4) is 0 Å². The first-order valence-electron chi connectivity index (χ1n) is 6.07. The number of aromatic nitrogens is 1. The van der Waals surface area contributed by atoms with E-state index in [-0.39, 0.29) is 6.04 Å². The number of likely N-dealkylation sites (N-methyl/N-ethyl adjacent to an activating group) is 1. The molecule has 1 saturated carbocycles. The van der Waals surface area contributed by atoms with E-state index >= 15 is 0 Å². The van der Waals surface area contributed by atoms with E-state index in [1.165, 1.54) is 12.8 Å². The maximum atomic E-state index is 5.88. The molecule has 1 heterocycles. The summed E-state index contributed by atoms with van der Waals surface area (Å²) in [6.07, 6.45) is 4.57. The second-order valence-corrected chi connectivity index (χ2v) is 4.75. The monoisotopic (exact) mass is 219 g/mol. The quantitative estimate of drug-likeness (QED) is 0.821. The molecule has 0 radical (unpaired) electrons. The van der Waals surface area contributed by atoms with E-state index in [1.54, 1.807) is 0 Å². The van der Waals surface area contributed by atoms with Gasteiger partial charge < -0.3 is 5.73 Å². The van der Waals surface area contributed by atoms with E-state index in [1.807, 2.05) is 18.3 Å². The summed E-state index contributed by atoms with van der Waals surface area (Å²) in [4.78, 5) is 6.79. The van der Waals surface area contributed by atoms with Crippen molar-refractivity contribution in [3.05, 3.63) is 30.1 Å². The summed E-state index contributed by atoms with van der Waals surface area (Å²) in [5, 5.41) is 0. The van der Waals surface area contributed by atoms with Gasteiger partial charge in [-0.05, 0) is 44.9 Å². The highest BCUT2D eigenvalue weighted by Crippen LogP contribution is 2.36. The lowest BCUT2D eigenvalue weighted by Gasteiger charge is -2.32. The molecular formula is C13H21N3. The molecule has 0 bridgehead atoms. The van der Waals surface area contributed by atoms with Crippen LogP contribution in [0.1, 0.15) is 31.5 Å². The fourth-order valence-electron chi connectivity index (χ4n) is 2.26. The standard InChI is InChI=1S/C13H21N3/c1-10(11-6-7-11)16(2)13(9-14)12-5-3-4-8-15-12/h3-5,8,10-11,13H,6-7,9,14H2,1-2H3. The second-order valence-electron chi connectivity index (χ2n) is 4.75. The van der Waals surface area contributed by atoms with E-state index in [2.05, 4.69) is 29.9 Å². The molecule has 0 amide bonds. The van der Waals surface area contributed by atoms with Crippen LogP contribution in [0.3, 0.4) is 0 Å². The topological polar surface area (TPSA) is 42.1 Å². The van der Waals surface area contributed by atoms with Crippen molar-refractivity contribution in [1.82, 2.24) is 9.88 Å². The molecule has 1 aromatic rings. The fourth-order valence-corrected chi connectivity index (χ4v) is 2.26. The summed E-state index contributed by atoms with van der Waals surface area (Å²) in [7, 11) is 2.16. The molecule has 3 heteroatoms. The van der Waals surface area contributed by atoms with Gasteiger partial charge in [0.05, 0.1) is 11.7 Å². The van der Waals surface area contributed by atoms with E-state index in [0.29, 0.717) is 12.6 Å². The van der Waals surface area contributed by atoms with Gasteiger partial charge in [-0.1, -0.05) is 6.07 Å². The molecule has 1 aromatic heterocycles. The summed E-state index contributed by atoms with van der Waals surface area (Å²) in [5.74, 6) is 0.864. The van der Waals surface area contributed by atoms with Gasteiger partial charge in [0.1, 0.15) is 0 Å². The minimum atomic E-state index is 0.247. The van der Waals surface area contributed by atoms with Crippen molar-refractivity contribution in [3.63, 3.8) is 0 Å². The minimum absolute atomic E-state index is 0.247. The summed E-state index contributed by atoms with van der Waals surface area (Å²) >= 11 is 0. The molecule has 2 rings (SSSR count). The number of pyridine rings is 1. The van der Waals surface area contributed by atoms with Crippen molar-refractivity contribution >= 4 is 0 Å². The first-order valence-corrected chi connectivity index (χ1v) is 6.07. The van der Waals surface area contributed by atoms with Crippen molar-refractivity contribution in [2.75, 3.05) is 13.6 Å². The van der Waals surface area contributed by atoms with E-state index in [4.69, 9.17) is 5.73 Å². The number of hydrogen-bond acceptors (Lipinski definition) is 3. The molecule has 1 aliphatic rings. The van der Waals surface area contributed by atoms with Crippen LogP contribution in [0.25, 0.3) is 0 Å². The molecule has 2 unspecified atom stereocenters. The van der Waals surface area contributed by atoms with Crippen LogP contribution in [0.5, 0.6) is 0 Å². The van der Waals surface area contributed by atoms with Crippen LogP contribution in [0, 0.1) is 5.92 Å². The first kappa shape index (κ1) is 11.6. The summed E-state index contributed by atoms with van der Waals surface area (Å²) in [5.41, 5.74) is 6.97. The Labute approximate surface area is 97.7 Å². The van der Waals surface area contributed by atoms with Crippen molar-refractivity contribution in [1.29, 1.82) is 0 Å². The highest BCUT2D eigenvalue weighted by atomic mass is 15.2. The average molecular weight is 219 g/mol. The Kier molecular flexibility index (Phi) is 3.56. The first-order chi connectivity index (χ1) is 7.74. The zero-order chi connectivity index (χ0) is 11.5. The third-order valence-electron chi connectivity index (χ3n) is 3.69. The molecule has 1 fully saturated rings. The molecule has 16 heavy (non-hydrogen) atoms. The molecule has 88 valence electrons. The van der Waals surface area contributed by atoms with Crippen LogP contribution in [0.4, 0.5) is 0 Å². The van der Waals surface area contributed by atoms with Gasteiger partial charge in [0, 0.05) is 18.8 Å². The Bertz CT molecular complexity index is 321. The Balaban J connectivity index is 2.09. The van der Waals surface area contributed by atoms with E-state index < -0.39 is 0 Å². The summed E-state index contributed by atoms with van der Waals surface area (Å²) in [6.45, 7) is 2.92. The van der Waals surface area contributed by atoms with Gasteiger partial charge in [0.2, 0.25) is 0 Å². The van der Waals surface area contributed by atoms with Gasteiger partial charge in [-0.3, -0.25) is 9.88 Å². The predicted molar refractivity (Wildman–Crippen MR) is 66.0 cm³/mol. The van der Waals surface area contributed by atoms with Gasteiger partial charge in [0.25, 0.3) is 0 Å². The smallest absolute Gasteiger partial charge is 0.0644 e. The number of hydrogen-bond donors (Lipinski definition) is 1. The molecular weight excluding hydrogens is 198 g/mol. The van der Waals surface area contributed by atoms with Crippen LogP contribution in [-0.2, 0) is 0 Å². The van der Waals surface area contributed by atoms with Gasteiger partial charge in [-0.25, -0.2) is 0 Å². The molecule has 0 saturated heterocycles. The van der Waals surface area contributed by atoms with Gasteiger partial charge in [-0.2, -0.15) is 0 Å². The second kappa shape index (κ2) is 4.93. The predicted octanol–water partition coefficient (Wildman–Crippen LogP) is 1.81. The lowest BCUT2D eigenvalue weighted by molar-refractivity contribution is 0.168. The molecule has 3 nitrogen and oxygen atoms in total. The van der Waals surface area contributed by atoms with Gasteiger partial charge in [0.15, 0.2) is 0 Å². The van der Waals surface area contributed by atoms with Crippen LogP contribution in [-0.4, -0.2) is 29.5 Å². The van der Waals surface area contributed by atoms with Crippen LogP contribution < -0.4 is 5.73 Å². The average Bonchev–Trinajstić information content (AvgIpc) is 3.14. The Morgan fingerprint density at radius 2 is 2.25 bits per heavy atom. The molecule has 0 aliphatic heterocycles. The van der Waals surface area contributed by atoms with E-state index in [9.17, 15) is 0 Å². The zero-order valence-electron chi connectivity index (χ0n) is 10.1. The minimum Gasteiger partial charge on any atom is -0.329 e. The third-order valence-corrected chi connectivity index (χ3v) is 3.69. The number of rotatable bonds is 5. The maximum Gasteiger partial charge on any atom is 0.0644 e. The zero-order valence-corrected chi connectivity index (χ0v) is 10.1. The Morgan fingerprint density at radius 3 is 2.75 bits per heavy atom. The van der Waals surface area contributed by atoms with E-state index in [0.717, 1.165) is 11.6 Å². The SMILES string of the molecule is CC(C1CC1)N(C)C(CN)c1ccccn1. The van der Waals surface area contributed by atoms with Crippen LogP contribution in [0.15, 0.2) is 24.4 Å². The molecule has 1 aliphatic carbocycles. The van der Waals surface area contributed by atoms with Crippen molar-refractivity contribution < 1.29 is 0 Å². The highest BCUT2D eigenvalue weighted by Gasteiger charge is 2.33. The fraction of sp³-hybridized carbons (Fsp3) is 0.615. The van der Waals surface area contributed by atoms with Crippen LogP contribution >= 0.6 is 0 Å². The number of nitrogens with two attached hydrogens (primary N) is 1. The maximum absolute atomic E-state index is 5.88. The molecule has 2 N–H and O–H groups in total. The van der Waals surface area contributed by atoms with Gasteiger partial charge >= 0.3 is 0 Å². The summed E-state index contributed by atoms with van der Waals surface area (Å²) < 4.78 is 0. The lowest BCUT2D eigenvalue weighted by atomic mass is 10.1. The molecule has 0 spiro atoms. The Morgan fingerprint density at radius 1 is 1.50 bits per heavy atom. The number of nitrogens with zero attached hydrogens (tertiary/aromatic N) is 2. The Hall–Kier alpha value is -0.930. The molecule has 2 atom stereocenters.